The molecule has 0 amide bonds. The highest BCUT2D eigenvalue weighted by molar-refractivity contribution is 5.34. The van der Waals surface area contributed by atoms with Crippen molar-refractivity contribution in [3.63, 3.8) is 0 Å². The maximum Gasteiger partial charge on any atom is 0.0233 e. The van der Waals surface area contributed by atoms with Crippen molar-refractivity contribution in [3.05, 3.63) is 34.9 Å². The van der Waals surface area contributed by atoms with E-state index in [-0.39, 0.29) is 0 Å². The fraction of sp³-hybridized carbons (Fsp3) is 0.538. The van der Waals surface area contributed by atoms with Crippen LogP contribution in [-0.2, 0) is 6.54 Å². The van der Waals surface area contributed by atoms with Crippen LogP contribution < -0.4 is 0 Å². The van der Waals surface area contributed by atoms with Crippen LogP contribution >= 0.6 is 0 Å². The van der Waals surface area contributed by atoms with Gasteiger partial charge in [0.1, 0.15) is 0 Å². The normalized spacial score (nSPS) is 22.9. The minimum Gasteiger partial charge on any atom is -0.302 e. The van der Waals surface area contributed by atoms with Crippen molar-refractivity contribution in [3.8, 4) is 0 Å². The van der Waals surface area contributed by atoms with E-state index in [9.17, 15) is 0 Å². The third-order valence-electron chi connectivity index (χ3n) is 3.22. The zero-order valence-corrected chi connectivity index (χ0v) is 9.38. The topological polar surface area (TPSA) is 3.24 Å². The Labute approximate surface area is 86.7 Å². The van der Waals surface area contributed by atoms with Gasteiger partial charge >= 0.3 is 0 Å². The van der Waals surface area contributed by atoms with Gasteiger partial charge in [0.25, 0.3) is 0 Å². The summed E-state index contributed by atoms with van der Waals surface area (Å²) in [5.41, 5.74) is 4.47. The van der Waals surface area contributed by atoms with Crippen molar-refractivity contribution in [2.24, 2.45) is 0 Å². The average molecular weight is 189 g/mol. The average Bonchev–Trinajstić information content (AvgIpc) is 2.29. The minimum atomic E-state index is 0.717. The summed E-state index contributed by atoms with van der Waals surface area (Å²) in [6.45, 7) is 6.86. The molecule has 1 aromatic carbocycles. The minimum absolute atomic E-state index is 0.717. The smallest absolute Gasteiger partial charge is 0.0233 e. The van der Waals surface area contributed by atoms with E-state index in [1.807, 2.05) is 0 Å². The third kappa shape index (κ3) is 1.83. The molecular formula is C13H19N. The van der Waals surface area contributed by atoms with Crippen LogP contribution in [0.5, 0.6) is 0 Å². The predicted octanol–water partition coefficient (Wildman–Crippen LogP) is 2.93. The molecule has 2 rings (SSSR count). The Kier molecular flexibility index (Phi) is 2.60. The van der Waals surface area contributed by atoms with Gasteiger partial charge in [-0.1, -0.05) is 30.7 Å². The fourth-order valence-electron chi connectivity index (χ4n) is 2.26. The van der Waals surface area contributed by atoms with Crippen LogP contribution in [0.2, 0.25) is 0 Å². The molecule has 1 heteroatoms. The first-order valence-electron chi connectivity index (χ1n) is 5.45. The quantitative estimate of drug-likeness (QED) is 0.606. The molecule has 0 saturated heterocycles. The number of nitrogens with zero attached hydrogens (tertiary/aromatic N) is 1. The molecule has 1 nitrogen and oxygen atoms in total. The Morgan fingerprint density at radius 3 is 2.93 bits per heavy atom. The summed E-state index contributed by atoms with van der Waals surface area (Å²) in [5.74, 6) is 0.717. The maximum atomic E-state index is 2.41. The van der Waals surface area contributed by atoms with Gasteiger partial charge in [-0.25, -0.2) is 0 Å². The molecule has 0 fully saturated rings. The van der Waals surface area contributed by atoms with Crippen LogP contribution in [-0.4, -0.2) is 18.5 Å². The summed E-state index contributed by atoms with van der Waals surface area (Å²) in [6.07, 6.45) is 1.28. The molecule has 14 heavy (non-hydrogen) atoms. The number of benzene rings is 1. The summed E-state index contributed by atoms with van der Waals surface area (Å²) >= 11 is 0. The summed E-state index contributed by atoms with van der Waals surface area (Å²) < 4.78 is 0. The van der Waals surface area contributed by atoms with Crippen LogP contribution in [0.15, 0.2) is 18.2 Å². The molecule has 0 aromatic heterocycles. The summed E-state index contributed by atoms with van der Waals surface area (Å²) in [5, 5.41) is 0. The second-order valence-electron chi connectivity index (χ2n) is 4.63. The molecule has 1 aliphatic rings. The number of aryl methyl sites for hydroxylation is 1. The molecule has 1 heterocycles. The predicted molar refractivity (Wildman–Crippen MR) is 60.5 cm³/mol. The van der Waals surface area contributed by atoms with E-state index in [1.165, 1.54) is 24.1 Å². The van der Waals surface area contributed by atoms with Crippen LogP contribution in [0.4, 0.5) is 0 Å². The van der Waals surface area contributed by atoms with Crippen molar-refractivity contribution < 1.29 is 0 Å². The summed E-state index contributed by atoms with van der Waals surface area (Å²) in [6, 6.07) is 6.88. The zero-order chi connectivity index (χ0) is 10.1. The van der Waals surface area contributed by atoms with E-state index < -0.39 is 0 Å². The Bertz CT molecular complexity index is 330. The monoisotopic (exact) mass is 189 g/mol. The standard InChI is InChI=1S/C13H19N/c1-10-4-5-12-9-14(3)7-6-11(2)13(12)8-10/h4-5,8,11H,6-7,9H2,1-3H3. The molecule has 76 valence electrons. The molecule has 1 unspecified atom stereocenters. The highest BCUT2D eigenvalue weighted by Gasteiger charge is 2.16. The van der Waals surface area contributed by atoms with Crippen molar-refractivity contribution in [1.82, 2.24) is 4.90 Å². The van der Waals surface area contributed by atoms with Gasteiger partial charge in [0.15, 0.2) is 0 Å². The van der Waals surface area contributed by atoms with Gasteiger partial charge in [-0.3, -0.25) is 0 Å². The van der Waals surface area contributed by atoms with E-state index in [0.717, 1.165) is 12.5 Å². The van der Waals surface area contributed by atoms with Gasteiger partial charge in [-0.15, -0.1) is 0 Å². The van der Waals surface area contributed by atoms with E-state index in [4.69, 9.17) is 0 Å². The Morgan fingerprint density at radius 2 is 2.14 bits per heavy atom. The highest BCUT2D eigenvalue weighted by Crippen LogP contribution is 2.28. The number of rotatable bonds is 0. The van der Waals surface area contributed by atoms with Gasteiger partial charge in [-0.05, 0) is 44.0 Å². The van der Waals surface area contributed by atoms with Crippen molar-refractivity contribution in [2.75, 3.05) is 13.6 Å². The lowest BCUT2D eigenvalue weighted by Crippen LogP contribution is -2.17. The molecule has 0 aliphatic carbocycles. The van der Waals surface area contributed by atoms with Gasteiger partial charge < -0.3 is 4.90 Å². The Morgan fingerprint density at radius 1 is 1.36 bits per heavy atom. The lowest BCUT2D eigenvalue weighted by molar-refractivity contribution is 0.326. The summed E-state index contributed by atoms with van der Waals surface area (Å²) in [4.78, 5) is 2.41. The largest absolute Gasteiger partial charge is 0.302 e. The molecule has 0 saturated carbocycles. The van der Waals surface area contributed by atoms with E-state index in [2.05, 4.69) is 44.0 Å². The van der Waals surface area contributed by atoms with E-state index >= 15 is 0 Å². The van der Waals surface area contributed by atoms with Crippen LogP contribution in [0.25, 0.3) is 0 Å². The Hall–Kier alpha value is -0.820. The van der Waals surface area contributed by atoms with Crippen molar-refractivity contribution >= 4 is 0 Å². The van der Waals surface area contributed by atoms with Gasteiger partial charge in [0.2, 0.25) is 0 Å². The first-order valence-corrected chi connectivity index (χ1v) is 5.45. The molecule has 1 aromatic rings. The van der Waals surface area contributed by atoms with Crippen LogP contribution in [0.1, 0.15) is 36.0 Å². The second-order valence-corrected chi connectivity index (χ2v) is 4.63. The van der Waals surface area contributed by atoms with Crippen molar-refractivity contribution in [1.29, 1.82) is 0 Å². The molecule has 1 aliphatic heterocycles. The number of hydrogen-bond acceptors (Lipinski definition) is 1. The maximum absolute atomic E-state index is 2.41. The third-order valence-corrected chi connectivity index (χ3v) is 3.22. The van der Waals surface area contributed by atoms with Gasteiger partial charge in [0.05, 0.1) is 0 Å². The number of hydrogen-bond donors (Lipinski definition) is 0. The first-order chi connectivity index (χ1) is 6.66. The first kappa shape index (κ1) is 9.72. The lowest BCUT2D eigenvalue weighted by Gasteiger charge is -2.13. The molecule has 0 N–H and O–H groups in total. The lowest BCUT2D eigenvalue weighted by atomic mass is 9.93. The fourth-order valence-corrected chi connectivity index (χ4v) is 2.26. The van der Waals surface area contributed by atoms with Crippen molar-refractivity contribution in [2.45, 2.75) is 32.7 Å². The molecular weight excluding hydrogens is 170 g/mol. The van der Waals surface area contributed by atoms with E-state index in [1.54, 1.807) is 5.56 Å². The molecule has 0 bridgehead atoms. The van der Waals surface area contributed by atoms with Gasteiger partial charge in [0, 0.05) is 6.54 Å². The second kappa shape index (κ2) is 3.74. The van der Waals surface area contributed by atoms with E-state index in [0.29, 0.717) is 0 Å². The van der Waals surface area contributed by atoms with Gasteiger partial charge in [-0.2, -0.15) is 0 Å². The zero-order valence-electron chi connectivity index (χ0n) is 9.38. The van der Waals surface area contributed by atoms with Crippen LogP contribution in [0.3, 0.4) is 0 Å². The Balaban J connectivity index is 2.42. The highest BCUT2D eigenvalue weighted by atomic mass is 15.1. The molecule has 1 atom stereocenters. The SMILES string of the molecule is Cc1ccc2c(c1)C(C)CCN(C)C2. The molecule has 0 radical (unpaired) electrons. The van der Waals surface area contributed by atoms with Crippen LogP contribution in [0, 0.1) is 6.92 Å². The molecule has 0 spiro atoms. The summed E-state index contributed by atoms with van der Waals surface area (Å²) in [7, 11) is 2.21. The number of fused-ring (bicyclic) bond motifs is 1.